The summed E-state index contributed by atoms with van der Waals surface area (Å²) in [6, 6.07) is 6.84. The van der Waals surface area contributed by atoms with Gasteiger partial charge in [-0.1, -0.05) is 25.5 Å². The zero-order valence-corrected chi connectivity index (χ0v) is 10.5. The fourth-order valence-electron chi connectivity index (χ4n) is 1.71. The Hall–Kier alpha value is -1.58. The molecule has 0 heterocycles. The summed E-state index contributed by atoms with van der Waals surface area (Å²) < 4.78 is 18.7. The average Bonchev–Trinajstić information content (AvgIpc) is 3.10. The SMILES string of the molecule is CCCCOC(=O)Nc1ccc(C2(F)CC2)cc1. The minimum absolute atomic E-state index is 0.425. The highest BCUT2D eigenvalue weighted by Gasteiger charge is 2.44. The van der Waals surface area contributed by atoms with Crippen LogP contribution in [-0.4, -0.2) is 12.7 Å². The van der Waals surface area contributed by atoms with Crippen LogP contribution < -0.4 is 5.32 Å². The van der Waals surface area contributed by atoms with E-state index >= 15 is 0 Å². The first-order chi connectivity index (χ1) is 8.64. The zero-order valence-electron chi connectivity index (χ0n) is 10.5. The molecule has 3 nitrogen and oxygen atoms in total. The van der Waals surface area contributed by atoms with E-state index < -0.39 is 11.8 Å². The number of amides is 1. The molecule has 0 aliphatic heterocycles. The van der Waals surface area contributed by atoms with Gasteiger partial charge in [0, 0.05) is 5.69 Å². The molecule has 1 aliphatic carbocycles. The number of carbonyl (C=O) groups is 1. The number of alkyl halides is 1. The Morgan fingerprint density at radius 2 is 2.06 bits per heavy atom. The highest BCUT2D eigenvalue weighted by molar-refractivity contribution is 5.84. The van der Waals surface area contributed by atoms with Gasteiger partial charge in [0.05, 0.1) is 6.61 Å². The lowest BCUT2D eigenvalue weighted by Gasteiger charge is -2.08. The second-order valence-electron chi connectivity index (χ2n) is 4.66. The number of hydrogen-bond donors (Lipinski definition) is 1. The van der Waals surface area contributed by atoms with Crippen molar-refractivity contribution in [2.75, 3.05) is 11.9 Å². The topological polar surface area (TPSA) is 38.3 Å². The lowest BCUT2D eigenvalue weighted by atomic mass is 10.1. The Morgan fingerprint density at radius 3 is 2.61 bits per heavy atom. The maximum absolute atomic E-state index is 13.7. The summed E-state index contributed by atoms with van der Waals surface area (Å²) in [4.78, 5) is 11.4. The van der Waals surface area contributed by atoms with Gasteiger partial charge in [-0.05, 0) is 37.0 Å². The van der Waals surface area contributed by atoms with Crippen LogP contribution in [0, 0.1) is 0 Å². The van der Waals surface area contributed by atoms with Crippen molar-refractivity contribution in [1.82, 2.24) is 0 Å². The lowest BCUT2D eigenvalue weighted by molar-refractivity contribution is 0.160. The van der Waals surface area contributed by atoms with E-state index in [1.807, 2.05) is 6.92 Å². The van der Waals surface area contributed by atoms with Gasteiger partial charge in [-0.2, -0.15) is 0 Å². The Balaban J connectivity index is 1.84. The summed E-state index contributed by atoms with van der Waals surface area (Å²) in [7, 11) is 0. The van der Waals surface area contributed by atoms with Crippen LogP contribution in [0.15, 0.2) is 24.3 Å². The molecule has 0 saturated heterocycles. The van der Waals surface area contributed by atoms with Crippen LogP contribution in [0.2, 0.25) is 0 Å². The van der Waals surface area contributed by atoms with Crippen LogP contribution in [0.3, 0.4) is 0 Å². The number of rotatable bonds is 5. The van der Waals surface area contributed by atoms with Crippen LogP contribution in [0.25, 0.3) is 0 Å². The molecule has 1 aromatic rings. The van der Waals surface area contributed by atoms with Crippen molar-refractivity contribution < 1.29 is 13.9 Å². The zero-order chi connectivity index (χ0) is 13.0. The van der Waals surface area contributed by atoms with E-state index in [1.165, 1.54) is 0 Å². The number of carbonyl (C=O) groups excluding carboxylic acids is 1. The number of halogens is 1. The molecule has 2 rings (SSSR count). The standard InChI is InChI=1S/C14H18FNO2/c1-2-3-10-18-13(17)16-12-6-4-11(5-7-12)14(15)8-9-14/h4-7H,2-3,8-10H2,1H3,(H,16,17). The van der Waals surface area contributed by atoms with Crippen LogP contribution in [0.4, 0.5) is 14.9 Å². The van der Waals surface area contributed by atoms with Gasteiger partial charge in [-0.25, -0.2) is 9.18 Å². The number of hydrogen-bond acceptors (Lipinski definition) is 2. The van der Waals surface area contributed by atoms with Gasteiger partial charge in [0.25, 0.3) is 0 Å². The number of anilines is 1. The number of unbranched alkanes of at least 4 members (excludes halogenated alkanes) is 1. The summed E-state index contributed by atoms with van der Waals surface area (Å²) in [5.41, 5.74) is 0.192. The molecule has 1 aliphatic rings. The van der Waals surface area contributed by atoms with Crippen molar-refractivity contribution in [1.29, 1.82) is 0 Å². The molecular formula is C14H18FNO2. The second-order valence-corrected chi connectivity index (χ2v) is 4.66. The summed E-state index contributed by atoms with van der Waals surface area (Å²) in [5, 5.41) is 2.62. The number of nitrogens with one attached hydrogen (secondary N) is 1. The first-order valence-corrected chi connectivity index (χ1v) is 6.37. The Labute approximate surface area is 106 Å². The summed E-state index contributed by atoms with van der Waals surface area (Å²) >= 11 is 0. The minimum Gasteiger partial charge on any atom is -0.449 e. The fraction of sp³-hybridized carbons (Fsp3) is 0.500. The van der Waals surface area contributed by atoms with Gasteiger partial charge >= 0.3 is 6.09 Å². The Bertz CT molecular complexity index is 412. The van der Waals surface area contributed by atoms with Crippen LogP contribution in [0.5, 0.6) is 0 Å². The van der Waals surface area contributed by atoms with Gasteiger partial charge < -0.3 is 4.74 Å². The van der Waals surface area contributed by atoms with Gasteiger partial charge in [-0.15, -0.1) is 0 Å². The third kappa shape index (κ3) is 3.22. The van der Waals surface area contributed by atoms with Crippen molar-refractivity contribution in [2.24, 2.45) is 0 Å². The molecule has 18 heavy (non-hydrogen) atoms. The first kappa shape index (κ1) is 12.9. The van der Waals surface area contributed by atoms with Gasteiger partial charge in [0.1, 0.15) is 5.67 Å². The maximum Gasteiger partial charge on any atom is 0.411 e. The molecule has 98 valence electrons. The van der Waals surface area contributed by atoms with Crippen LogP contribution in [-0.2, 0) is 10.4 Å². The van der Waals surface area contributed by atoms with Gasteiger partial charge in [-0.3, -0.25) is 5.32 Å². The van der Waals surface area contributed by atoms with Gasteiger partial charge in [0.2, 0.25) is 0 Å². The van der Waals surface area contributed by atoms with Crippen molar-refractivity contribution in [3.05, 3.63) is 29.8 Å². The van der Waals surface area contributed by atoms with E-state index in [2.05, 4.69) is 5.32 Å². The third-order valence-corrected chi connectivity index (χ3v) is 3.07. The molecule has 1 saturated carbocycles. The van der Waals surface area contributed by atoms with E-state index in [-0.39, 0.29) is 0 Å². The molecule has 4 heteroatoms. The predicted molar refractivity (Wildman–Crippen MR) is 68.3 cm³/mol. The molecule has 0 aromatic heterocycles. The largest absolute Gasteiger partial charge is 0.449 e. The molecule has 1 aromatic carbocycles. The smallest absolute Gasteiger partial charge is 0.411 e. The molecular weight excluding hydrogens is 233 g/mol. The molecule has 0 spiro atoms. The van der Waals surface area contributed by atoms with E-state index in [4.69, 9.17) is 4.74 Å². The van der Waals surface area contributed by atoms with Crippen molar-refractivity contribution >= 4 is 11.8 Å². The van der Waals surface area contributed by atoms with E-state index in [0.29, 0.717) is 30.7 Å². The summed E-state index contributed by atoms with van der Waals surface area (Å²) in [6.07, 6.45) is 2.58. The average molecular weight is 251 g/mol. The normalized spacial score (nSPS) is 16.1. The van der Waals surface area contributed by atoms with Crippen molar-refractivity contribution in [2.45, 2.75) is 38.3 Å². The van der Waals surface area contributed by atoms with Crippen LogP contribution in [0.1, 0.15) is 38.2 Å². The summed E-state index contributed by atoms with van der Waals surface area (Å²) in [6.45, 7) is 2.46. The quantitative estimate of drug-likeness (QED) is 0.803. The highest BCUT2D eigenvalue weighted by Crippen LogP contribution is 2.49. The van der Waals surface area contributed by atoms with Crippen molar-refractivity contribution in [3.63, 3.8) is 0 Å². The first-order valence-electron chi connectivity index (χ1n) is 6.37. The Morgan fingerprint density at radius 1 is 1.39 bits per heavy atom. The lowest BCUT2D eigenvalue weighted by Crippen LogP contribution is -2.14. The predicted octanol–water partition coefficient (Wildman–Crippen LogP) is 3.99. The monoisotopic (exact) mass is 251 g/mol. The molecule has 1 N–H and O–H groups in total. The molecule has 1 amide bonds. The van der Waals surface area contributed by atoms with Gasteiger partial charge in [0.15, 0.2) is 0 Å². The maximum atomic E-state index is 13.7. The third-order valence-electron chi connectivity index (χ3n) is 3.07. The summed E-state index contributed by atoms with van der Waals surface area (Å²) in [5.74, 6) is 0. The fourth-order valence-corrected chi connectivity index (χ4v) is 1.71. The molecule has 0 bridgehead atoms. The number of benzene rings is 1. The second kappa shape index (κ2) is 5.38. The molecule has 1 fully saturated rings. The minimum atomic E-state index is -1.12. The van der Waals surface area contributed by atoms with Crippen molar-refractivity contribution in [3.8, 4) is 0 Å². The molecule has 0 radical (unpaired) electrons. The molecule has 0 unspecified atom stereocenters. The highest BCUT2D eigenvalue weighted by atomic mass is 19.1. The van der Waals surface area contributed by atoms with E-state index in [0.717, 1.165) is 12.8 Å². The van der Waals surface area contributed by atoms with E-state index in [9.17, 15) is 9.18 Å². The number of ether oxygens (including phenoxy) is 1. The Kier molecular flexibility index (Phi) is 3.84. The van der Waals surface area contributed by atoms with E-state index in [1.54, 1.807) is 24.3 Å². The molecule has 0 atom stereocenters. The van der Waals surface area contributed by atoms with Crippen LogP contribution >= 0.6 is 0 Å².